The maximum absolute atomic E-state index is 10.4. The normalized spacial score (nSPS) is 19.6. The highest BCUT2D eigenvalue weighted by Gasteiger charge is 2.16. The summed E-state index contributed by atoms with van der Waals surface area (Å²) in [6, 6.07) is 0. The number of aldehydes is 1. The lowest BCUT2D eigenvalue weighted by Gasteiger charge is -2.20. The van der Waals surface area contributed by atoms with Gasteiger partial charge >= 0.3 is 0 Å². The van der Waals surface area contributed by atoms with Gasteiger partial charge in [-0.25, -0.2) is 0 Å². The van der Waals surface area contributed by atoms with Gasteiger partial charge in [0, 0.05) is 5.92 Å². The molecule has 10 heavy (non-hydrogen) atoms. The van der Waals surface area contributed by atoms with Crippen LogP contribution in [0.15, 0.2) is 0 Å². The van der Waals surface area contributed by atoms with E-state index in [0.29, 0.717) is 11.8 Å². The zero-order valence-electron chi connectivity index (χ0n) is 7.42. The standard InChI is InChI=1S/C9H18O/c1-5-7(2)9(4)8(3)6-10/h6-9H,5H2,1-4H3. The Morgan fingerprint density at radius 3 is 2.10 bits per heavy atom. The second kappa shape index (κ2) is 4.48. The molecular weight excluding hydrogens is 124 g/mol. The summed E-state index contributed by atoms with van der Waals surface area (Å²) in [6.07, 6.45) is 2.22. The summed E-state index contributed by atoms with van der Waals surface area (Å²) >= 11 is 0. The molecule has 0 aliphatic carbocycles. The fourth-order valence-electron chi connectivity index (χ4n) is 1.01. The van der Waals surface area contributed by atoms with Gasteiger partial charge in [-0.05, 0) is 11.8 Å². The molecule has 0 rings (SSSR count). The van der Waals surface area contributed by atoms with Gasteiger partial charge in [0.2, 0.25) is 0 Å². The van der Waals surface area contributed by atoms with Crippen molar-refractivity contribution in [3.8, 4) is 0 Å². The molecule has 1 nitrogen and oxygen atoms in total. The fraction of sp³-hybridized carbons (Fsp3) is 0.889. The molecule has 0 N–H and O–H groups in total. The summed E-state index contributed by atoms with van der Waals surface area (Å²) in [6.45, 7) is 8.50. The third-order valence-electron chi connectivity index (χ3n) is 2.59. The van der Waals surface area contributed by atoms with Crippen molar-refractivity contribution in [2.75, 3.05) is 0 Å². The van der Waals surface area contributed by atoms with E-state index in [0.717, 1.165) is 6.29 Å². The van der Waals surface area contributed by atoms with Crippen LogP contribution in [0.2, 0.25) is 0 Å². The van der Waals surface area contributed by atoms with Crippen LogP contribution in [0.3, 0.4) is 0 Å². The molecule has 0 fully saturated rings. The predicted octanol–water partition coefficient (Wildman–Crippen LogP) is 2.50. The Kier molecular flexibility index (Phi) is 4.33. The molecule has 0 saturated heterocycles. The Labute approximate surface area is 63.8 Å². The minimum absolute atomic E-state index is 0.218. The third kappa shape index (κ3) is 2.51. The lowest BCUT2D eigenvalue weighted by atomic mass is 9.84. The average Bonchev–Trinajstić information content (AvgIpc) is 2.00. The number of carbonyl (C=O) groups excluding carboxylic acids is 1. The number of rotatable bonds is 4. The molecule has 0 radical (unpaired) electrons. The Bertz CT molecular complexity index is 98.9. The quantitative estimate of drug-likeness (QED) is 0.551. The van der Waals surface area contributed by atoms with E-state index >= 15 is 0 Å². The number of hydrogen-bond donors (Lipinski definition) is 0. The Balaban J connectivity index is 3.80. The smallest absolute Gasteiger partial charge is 0.123 e. The van der Waals surface area contributed by atoms with E-state index in [1.165, 1.54) is 6.42 Å². The SMILES string of the molecule is CCC(C)C(C)C(C)C=O. The molecule has 3 unspecified atom stereocenters. The van der Waals surface area contributed by atoms with Gasteiger partial charge in [-0.2, -0.15) is 0 Å². The van der Waals surface area contributed by atoms with Gasteiger partial charge in [0.05, 0.1) is 0 Å². The molecule has 0 heterocycles. The van der Waals surface area contributed by atoms with E-state index in [-0.39, 0.29) is 5.92 Å². The predicted molar refractivity (Wildman–Crippen MR) is 43.8 cm³/mol. The highest BCUT2D eigenvalue weighted by molar-refractivity contribution is 5.53. The highest BCUT2D eigenvalue weighted by atomic mass is 16.1. The molecule has 1 heteroatoms. The second-order valence-electron chi connectivity index (χ2n) is 3.24. The molecule has 0 aromatic carbocycles. The first kappa shape index (κ1) is 9.67. The van der Waals surface area contributed by atoms with Crippen LogP contribution in [0, 0.1) is 17.8 Å². The van der Waals surface area contributed by atoms with Crippen LogP contribution in [0.25, 0.3) is 0 Å². The van der Waals surface area contributed by atoms with Crippen LogP contribution in [-0.2, 0) is 4.79 Å². The Morgan fingerprint density at radius 2 is 1.80 bits per heavy atom. The van der Waals surface area contributed by atoms with Gasteiger partial charge in [0.1, 0.15) is 6.29 Å². The van der Waals surface area contributed by atoms with Gasteiger partial charge in [-0.3, -0.25) is 0 Å². The van der Waals surface area contributed by atoms with E-state index in [4.69, 9.17) is 0 Å². The molecule has 0 aliphatic heterocycles. The monoisotopic (exact) mass is 142 g/mol. The van der Waals surface area contributed by atoms with Gasteiger partial charge < -0.3 is 4.79 Å². The molecular formula is C9H18O. The molecule has 60 valence electrons. The summed E-state index contributed by atoms with van der Waals surface area (Å²) < 4.78 is 0. The summed E-state index contributed by atoms with van der Waals surface area (Å²) in [5, 5.41) is 0. The lowest BCUT2D eigenvalue weighted by Crippen LogP contribution is -2.16. The maximum Gasteiger partial charge on any atom is 0.123 e. The molecule has 0 spiro atoms. The van der Waals surface area contributed by atoms with E-state index in [9.17, 15) is 4.79 Å². The lowest BCUT2D eigenvalue weighted by molar-refractivity contribution is -0.112. The van der Waals surface area contributed by atoms with E-state index in [2.05, 4.69) is 20.8 Å². The molecule has 3 atom stereocenters. The molecule has 0 aromatic rings. The minimum Gasteiger partial charge on any atom is -0.303 e. The van der Waals surface area contributed by atoms with Crippen molar-refractivity contribution in [2.45, 2.75) is 34.1 Å². The van der Waals surface area contributed by atoms with Crippen LogP contribution < -0.4 is 0 Å². The Hall–Kier alpha value is -0.330. The second-order valence-corrected chi connectivity index (χ2v) is 3.24. The largest absolute Gasteiger partial charge is 0.303 e. The zero-order valence-corrected chi connectivity index (χ0v) is 7.42. The summed E-state index contributed by atoms with van der Waals surface area (Å²) in [4.78, 5) is 10.4. The van der Waals surface area contributed by atoms with Crippen LogP contribution in [-0.4, -0.2) is 6.29 Å². The van der Waals surface area contributed by atoms with Crippen molar-refractivity contribution < 1.29 is 4.79 Å². The molecule has 0 bridgehead atoms. The molecule has 0 aliphatic rings. The van der Waals surface area contributed by atoms with Crippen molar-refractivity contribution in [3.05, 3.63) is 0 Å². The van der Waals surface area contributed by atoms with E-state index < -0.39 is 0 Å². The minimum atomic E-state index is 0.218. The van der Waals surface area contributed by atoms with Crippen LogP contribution in [0.5, 0.6) is 0 Å². The highest BCUT2D eigenvalue weighted by Crippen LogP contribution is 2.21. The van der Waals surface area contributed by atoms with Crippen LogP contribution in [0.4, 0.5) is 0 Å². The first-order valence-electron chi connectivity index (χ1n) is 4.08. The van der Waals surface area contributed by atoms with E-state index in [1.54, 1.807) is 0 Å². The Morgan fingerprint density at radius 1 is 1.30 bits per heavy atom. The summed E-state index contributed by atoms with van der Waals surface area (Å²) in [5.74, 6) is 1.41. The van der Waals surface area contributed by atoms with Gasteiger partial charge in [-0.15, -0.1) is 0 Å². The number of hydrogen-bond acceptors (Lipinski definition) is 1. The fourth-order valence-corrected chi connectivity index (χ4v) is 1.01. The topological polar surface area (TPSA) is 17.1 Å². The number of carbonyl (C=O) groups is 1. The molecule has 0 amide bonds. The van der Waals surface area contributed by atoms with Crippen molar-refractivity contribution in [1.29, 1.82) is 0 Å². The van der Waals surface area contributed by atoms with Crippen molar-refractivity contribution in [3.63, 3.8) is 0 Å². The van der Waals surface area contributed by atoms with Crippen molar-refractivity contribution >= 4 is 6.29 Å². The third-order valence-corrected chi connectivity index (χ3v) is 2.59. The van der Waals surface area contributed by atoms with Crippen molar-refractivity contribution in [2.24, 2.45) is 17.8 Å². The molecule has 0 saturated carbocycles. The van der Waals surface area contributed by atoms with Gasteiger partial charge in [-0.1, -0.05) is 34.1 Å². The zero-order chi connectivity index (χ0) is 8.15. The summed E-state index contributed by atoms with van der Waals surface area (Å²) in [5.41, 5.74) is 0. The first-order chi connectivity index (χ1) is 4.63. The van der Waals surface area contributed by atoms with Gasteiger partial charge in [0.25, 0.3) is 0 Å². The van der Waals surface area contributed by atoms with E-state index in [1.807, 2.05) is 6.92 Å². The maximum atomic E-state index is 10.4. The van der Waals surface area contributed by atoms with Crippen LogP contribution in [0.1, 0.15) is 34.1 Å². The van der Waals surface area contributed by atoms with Crippen LogP contribution >= 0.6 is 0 Å². The van der Waals surface area contributed by atoms with Crippen molar-refractivity contribution in [1.82, 2.24) is 0 Å². The average molecular weight is 142 g/mol. The summed E-state index contributed by atoms with van der Waals surface area (Å²) in [7, 11) is 0. The molecule has 0 aromatic heterocycles. The first-order valence-corrected chi connectivity index (χ1v) is 4.08. The van der Waals surface area contributed by atoms with Gasteiger partial charge in [0.15, 0.2) is 0 Å².